The van der Waals surface area contributed by atoms with E-state index in [-0.39, 0.29) is 6.42 Å². The molecule has 1 heterocycles. The summed E-state index contributed by atoms with van der Waals surface area (Å²) in [4.78, 5) is 14.8. The van der Waals surface area contributed by atoms with E-state index in [0.717, 1.165) is 17.7 Å². The first kappa shape index (κ1) is 15.4. The summed E-state index contributed by atoms with van der Waals surface area (Å²) in [5.74, 6) is 1.13. The monoisotopic (exact) mass is 307 g/mol. The maximum Gasteiger partial charge on any atom is 0.304 e. The van der Waals surface area contributed by atoms with Crippen molar-refractivity contribution in [1.29, 1.82) is 0 Å². The van der Waals surface area contributed by atoms with Crippen molar-refractivity contribution in [3.05, 3.63) is 24.3 Å². The van der Waals surface area contributed by atoms with Crippen LogP contribution in [0.5, 0.6) is 5.75 Å². The van der Waals surface area contributed by atoms with Gasteiger partial charge in [-0.15, -0.1) is 5.10 Å². The molecule has 0 spiro atoms. The van der Waals surface area contributed by atoms with Gasteiger partial charge in [0.1, 0.15) is 5.75 Å². The van der Waals surface area contributed by atoms with Crippen LogP contribution < -0.4 is 4.74 Å². The van der Waals surface area contributed by atoms with E-state index in [1.54, 1.807) is 0 Å². The second-order valence-corrected chi connectivity index (χ2v) is 5.39. The van der Waals surface area contributed by atoms with Crippen molar-refractivity contribution in [2.75, 3.05) is 12.4 Å². The second-order valence-electron chi connectivity index (χ2n) is 4.33. The van der Waals surface area contributed by atoms with Gasteiger partial charge in [-0.3, -0.25) is 9.89 Å². The van der Waals surface area contributed by atoms with Crippen molar-refractivity contribution in [2.24, 2.45) is 0 Å². The van der Waals surface area contributed by atoms with Crippen molar-refractivity contribution in [3.8, 4) is 17.1 Å². The third-order valence-corrected chi connectivity index (χ3v) is 3.46. The van der Waals surface area contributed by atoms with Crippen LogP contribution in [0.4, 0.5) is 0 Å². The summed E-state index contributed by atoms with van der Waals surface area (Å²) >= 11 is 1.32. The molecule has 0 saturated heterocycles. The number of hydrogen-bond donors (Lipinski definition) is 2. The summed E-state index contributed by atoms with van der Waals surface area (Å²) in [6.45, 7) is 2.76. The number of nitrogens with zero attached hydrogens (tertiary/aromatic N) is 2. The highest BCUT2D eigenvalue weighted by Gasteiger charge is 2.07. The number of aliphatic carboxylic acids is 1. The van der Waals surface area contributed by atoms with E-state index in [2.05, 4.69) is 22.1 Å². The summed E-state index contributed by atoms with van der Waals surface area (Å²) in [5, 5.41) is 16.1. The van der Waals surface area contributed by atoms with E-state index in [0.29, 0.717) is 23.3 Å². The molecule has 2 rings (SSSR count). The van der Waals surface area contributed by atoms with Gasteiger partial charge >= 0.3 is 5.97 Å². The largest absolute Gasteiger partial charge is 0.494 e. The van der Waals surface area contributed by atoms with Crippen molar-refractivity contribution in [1.82, 2.24) is 15.2 Å². The van der Waals surface area contributed by atoms with Crippen LogP contribution in [0.25, 0.3) is 11.4 Å². The Bertz CT molecular complexity index is 583. The summed E-state index contributed by atoms with van der Waals surface area (Å²) in [6, 6.07) is 7.61. The zero-order valence-electron chi connectivity index (χ0n) is 11.7. The fraction of sp³-hybridized carbons (Fsp3) is 0.357. The molecule has 1 aromatic carbocycles. The summed E-state index contributed by atoms with van der Waals surface area (Å²) in [6.07, 6.45) is 1.07. The lowest BCUT2D eigenvalue weighted by molar-refractivity contribution is -0.136. The average molecular weight is 307 g/mol. The lowest BCUT2D eigenvalue weighted by atomic mass is 10.2. The van der Waals surface area contributed by atoms with Crippen LogP contribution in [0, 0.1) is 0 Å². The van der Waals surface area contributed by atoms with E-state index < -0.39 is 5.97 Å². The zero-order chi connectivity index (χ0) is 15.1. The smallest absolute Gasteiger partial charge is 0.304 e. The highest BCUT2D eigenvalue weighted by atomic mass is 32.2. The Kier molecular flexibility index (Phi) is 5.62. The van der Waals surface area contributed by atoms with Gasteiger partial charge in [0.05, 0.1) is 13.0 Å². The highest BCUT2D eigenvalue weighted by Crippen LogP contribution is 2.22. The average Bonchev–Trinajstić information content (AvgIpc) is 2.94. The number of H-pyrrole nitrogens is 1. The number of thioether (sulfide) groups is 1. The Morgan fingerprint density at radius 3 is 2.81 bits per heavy atom. The Morgan fingerprint density at radius 1 is 1.38 bits per heavy atom. The zero-order valence-corrected chi connectivity index (χ0v) is 12.5. The minimum atomic E-state index is -0.819. The molecule has 0 fully saturated rings. The molecule has 0 radical (unpaired) electrons. The first-order valence-corrected chi connectivity index (χ1v) is 7.68. The standard InChI is InChI=1S/C14H17N3O3S/c1-2-8-20-11-5-3-10(4-6-11)13-15-14(17-16-13)21-9-7-12(18)19/h3-6H,2,7-9H2,1H3,(H,18,19)(H,15,16,17). The number of aromatic nitrogens is 3. The minimum absolute atomic E-state index is 0.0952. The van der Waals surface area contributed by atoms with E-state index in [9.17, 15) is 4.79 Å². The fourth-order valence-electron chi connectivity index (χ4n) is 1.60. The molecular formula is C14H17N3O3S. The van der Waals surface area contributed by atoms with Gasteiger partial charge in [-0.05, 0) is 30.7 Å². The van der Waals surface area contributed by atoms with Crippen molar-refractivity contribution in [3.63, 3.8) is 0 Å². The quantitative estimate of drug-likeness (QED) is 0.729. The highest BCUT2D eigenvalue weighted by molar-refractivity contribution is 7.99. The van der Waals surface area contributed by atoms with Crippen LogP contribution in [0.15, 0.2) is 29.4 Å². The molecule has 0 aliphatic carbocycles. The van der Waals surface area contributed by atoms with Gasteiger partial charge in [-0.2, -0.15) is 0 Å². The van der Waals surface area contributed by atoms with E-state index in [4.69, 9.17) is 9.84 Å². The van der Waals surface area contributed by atoms with Crippen LogP contribution in [-0.2, 0) is 4.79 Å². The first-order valence-electron chi connectivity index (χ1n) is 6.69. The van der Waals surface area contributed by atoms with E-state index >= 15 is 0 Å². The van der Waals surface area contributed by atoms with E-state index in [1.165, 1.54) is 11.8 Å². The number of rotatable bonds is 8. The number of nitrogens with one attached hydrogen (secondary N) is 1. The topological polar surface area (TPSA) is 88.1 Å². The Hall–Kier alpha value is -2.02. The second kappa shape index (κ2) is 7.68. The number of carboxylic acid groups (broad SMARTS) is 1. The van der Waals surface area contributed by atoms with Gasteiger partial charge in [-0.1, -0.05) is 18.7 Å². The molecule has 0 saturated carbocycles. The Labute approximate surface area is 126 Å². The van der Waals surface area contributed by atoms with Crippen molar-refractivity contribution >= 4 is 17.7 Å². The van der Waals surface area contributed by atoms with E-state index in [1.807, 2.05) is 24.3 Å². The Morgan fingerprint density at radius 2 is 2.14 bits per heavy atom. The molecule has 1 aromatic heterocycles. The molecule has 2 aromatic rings. The van der Waals surface area contributed by atoms with Gasteiger partial charge in [0.2, 0.25) is 5.16 Å². The Balaban J connectivity index is 1.95. The molecule has 0 atom stereocenters. The van der Waals surface area contributed by atoms with Gasteiger partial charge in [-0.25, -0.2) is 4.98 Å². The maximum absolute atomic E-state index is 10.4. The molecule has 0 aliphatic heterocycles. The molecule has 6 nitrogen and oxygen atoms in total. The maximum atomic E-state index is 10.4. The molecule has 0 aliphatic rings. The molecule has 0 unspecified atom stereocenters. The molecule has 0 bridgehead atoms. The lowest BCUT2D eigenvalue weighted by Crippen LogP contribution is -1.96. The summed E-state index contributed by atoms with van der Waals surface area (Å²) in [7, 11) is 0. The number of carbonyl (C=O) groups is 1. The predicted molar refractivity (Wildman–Crippen MR) is 80.6 cm³/mol. The van der Waals surface area contributed by atoms with Gasteiger partial charge in [0, 0.05) is 11.3 Å². The number of hydrogen-bond acceptors (Lipinski definition) is 5. The molecule has 2 N–H and O–H groups in total. The molecule has 7 heteroatoms. The van der Waals surface area contributed by atoms with Crippen LogP contribution in [0.2, 0.25) is 0 Å². The van der Waals surface area contributed by atoms with Crippen LogP contribution in [-0.4, -0.2) is 38.6 Å². The van der Waals surface area contributed by atoms with Crippen LogP contribution >= 0.6 is 11.8 Å². The van der Waals surface area contributed by atoms with Crippen molar-refractivity contribution < 1.29 is 14.6 Å². The molecule has 112 valence electrons. The fourth-order valence-corrected chi connectivity index (χ4v) is 2.32. The van der Waals surface area contributed by atoms with Crippen molar-refractivity contribution in [2.45, 2.75) is 24.9 Å². The predicted octanol–water partition coefficient (Wildman–Crippen LogP) is 2.83. The number of ether oxygens (including phenoxy) is 1. The number of benzene rings is 1. The van der Waals surface area contributed by atoms with Gasteiger partial charge < -0.3 is 9.84 Å². The third-order valence-electron chi connectivity index (χ3n) is 2.61. The molecular weight excluding hydrogens is 290 g/mol. The van der Waals surface area contributed by atoms with Gasteiger partial charge in [0.25, 0.3) is 0 Å². The third kappa shape index (κ3) is 4.78. The first-order chi connectivity index (χ1) is 10.2. The van der Waals surface area contributed by atoms with Crippen LogP contribution in [0.3, 0.4) is 0 Å². The molecule has 0 amide bonds. The SMILES string of the molecule is CCCOc1ccc(-c2nc(SCCC(=O)O)n[nH]2)cc1. The number of carboxylic acids is 1. The summed E-state index contributed by atoms with van der Waals surface area (Å²) < 4.78 is 5.52. The normalized spacial score (nSPS) is 10.5. The lowest BCUT2D eigenvalue weighted by Gasteiger charge is -2.04. The van der Waals surface area contributed by atoms with Gasteiger partial charge in [0.15, 0.2) is 5.82 Å². The number of aromatic amines is 1. The molecule has 21 heavy (non-hydrogen) atoms. The summed E-state index contributed by atoms with van der Waals surface area (Å²) in [5.41, 5.74) is 0.913. The minimum Gasteiger partial charge on any atom is -0.494 e. The van der Waals surface area contributed by atoms with Crippen LogP contribution in [0.1, 0.15) is 19.8 Å².